The molecule has 0 spiro atoms. The first-order valence-corrected chi connectivity index (χ1v) is 12.3. The lowest BCUT2D eigenvalue weighted by Gasteiger charge is -2.08. The molecule has 0 amide bonds. The third-order valence-electron chi connectivity index (χ3n) is 5.62. The van der Waals surface area contributed by atoms with Crippen molar-refractivity contribution in [2.45, 2.75) is 103 Å². The van der Waals surface area contributed by atoms with Crippen LogP contribution in [0.15, 0.2) is 29.4 Å². The van der Waals surface area contributed by atoms with Crippen LogP contribution in [0.3, 0.4) is 0 Å². The van der Waals surface area contributed by atoms with Gasteiger partial charge in [0.1, 0.15) is 12.9 Å². The highest BCUT2D eigenvalue weighted by molar-refractivity contribution is 6.00. The molecular formula is C26H45FN2O. The van der Waals surface area contributed by atoms with Crippen LogP contribution in [0.5, 0.6) is 0 Å². The smallest absolute Gasteiger partial charge is 0.123 e. The zero-order valence-electron chi connectivity index (χ0n) is 19.6. The molecule has 1 rings (SSSR count). The average Bonchev–Trinajstić information content (AvgIpc) is 2.76. The Labute approximate surface area is 184 Å². The van der Waals surface area contributed by atoms with Gasteiger partial charge in [-0.3, -0.25) is 0 Å². The number of halogens is 1. The van der Waals surface area contributed by atoms with Crippen LogP contribution in [0.1, 0.15) is 109 Å². The normalized spacial score (nSPS) is 11.8. The first-order valence-electron chi connectivity index (χ1n) is 12.3. The van der Waals surface area contributed by atoms with E-state index in [2.05, 4.69) is 17.4 Å². The molecule has 0 atom stereocenters. The summed E-state index contributed by atoms with van der Waals surface area (Å²) in [5.41, 5.74) is 1.77. The first-order chi connectivity index (χ1) is 14.8. The lowest BCUT2D eigenvalue weighted by atomic mass is 10.0. The van der Waals surface area contributed by atoms with Gasteiger partial charge in [0.05, 0.1) is 5.71 Å². The summed E-state index contributed by atoms with van der Waals surface area (Å²) in [4.78, 5) is 4.94. The topological polar surface area (TPSA) is 33.6 Å². The molecule has 30 heavy (non-hydrogen) atoms. The van der Waals surface area contributed by atoms with Crippen LogP contribution in [-0.2, 0) is 4.84 Å². The Morgan fingerprint density at radius 3 is 1.77 bits per heavy atom. The second kappa shape index (κ2) is 19.5. The molecule has 0 saturated heterocycles. The maximum absolute atomic E-state index is 13.1. The molecule has 0 unspecified atom stereocenters. The lowest BCUT2D eigenvalue weighted by Crippen LogP contribution is -2.20. The first kappa shape index (κ1) is 26.6. The molecular weight excluding hydrogens is 375 g/mol. The number of benzene rings is 1. The fourth-order valence-electron chi connectivity index (χ4n) is 3.77. The molecule has 1 aromatic rings. The van der Waals surface area contributed by atoms with Crippen molar-refractivity contribution < 1.29 is 9.23 Å². The number of nitrogens with one attached hydrogen (secondary N) is 1. The SMILES string of the molecule is CCCCCCCCCCCCCCCCNCC/C(=N/OC)c1ccc(F)cc1. The Balaban J connectivity index is 1.90. The minimum atomic E-state index is -0.230. The third kappa shape index (κ3) is 14.5. The molecule has 172 valence electrons. The van der Waals surface area contributed by atoms with E-state index in [0.29, 0.717) is 0 Å². The number of nitrogens with zero attached hydrogens (tertiary/aromatic N) is 1. The van der Waals surface area contributed by atoms with E-state index in [0.717, 1.165) is 30.8 Å². The number of unbranched alkanes of at least 4 members (excludes halogenated alkanes) is 13. The molecule has 0 aliphatic rings. The Hall–Kier alpha value is -1.42. The maximum Gasteiger partial charge on any atom is 0.123 e. The zero-order valence-corrected chi connectivity index (χ0v) is 19.6. The summed E-state index contributed by atoms with van der Waals surface area (Å²) in [6.07, 6.45) is 20.2. The van der Waals surface area contributed by atoms with E-state index in [4.69, 9.17) is 4.84 Å². The third-order valence-corrected chi connectivity index (χ3v) is 5.62. The van der Waals surface area contributed by atoms with Gasteiger partial charge >= 0.3 is 0 Å². The Morgan fingerprint density at radius 1 is 0.767 bits per heavy atom. The summed E-state index contributed by atoms with van der Waals surface area (Å²) < 4.78 is 13.1. The quantitative estimate of drug-likeness (QED) is 0.134. The van der Waals surface area contributed by atoms with E-state index in [1.807, 2.05) is 0 Å². The van der Waals surface area contributed by atoms with Crippen LogP contribution in [0.4, 0.5) is 4.39 Å². The van der Waals surface area contributed by atoms with E-state index in [1.165, 1.54) is 102 Å². The molecule has 0 fully saturated rings. The van der Waals surface area contributed by atoms with Gasteiger partial charge in [0.25, 0.3) is 0 Å². The summed E-state index contributed by atoms with van der Waals surface area (Å²) in [5, 5.41) is 7.58. The molecule has 1 N–H and O–H groups in total. The monoisotopic (exact) mass is 420 g/mol. The van der Waals surface area contributed by atoms with Crippen molar-refractivity contribution in [1.82, 2.24) is 5.32 Å². The largest absolute Gasteiger partial charge is 0.399 e. The highest BCUT2D eigenvalue weighted by Crippen LogP contribution is 2.13. The van der Waals surface area contributed by atoms with E-state index in [-0.39, 0.29) is 5.82 Å². The highest BCUT2D eigenvalue weighted by Gasteiger charge is 2.05. The standard InChI is InChI=1S/C26H45FN2O/c1-3-4-5-6-7-8-9-10-11-12-13-14-15-16-22-28-23-21-26(29-30-2)24-17-19-25(27)20-18-24/h17-20,28H,3-16,21-23H2,1-2H3/b29-26-. The van der Waals surface area contributed by atoms with E-state index < -0.39 is 0 Å². The summed E-state index contributed by atoms with van der Waals surface area (Å²) in [7, 11) is 1.55. The van der Waals surface area contributed by atoms with Crippen LogP contribution >= 0.6 is 0 Å². The highest BCUT2D eigenvalue weighted by atomic mass is 19.1. The van der Waals surface area contributed by atoms with Crippen molar-refractivity contribution in [2.75, 3.05) is 20.2 Å². The van der Waals surface area contributed by atoms with E-state index in [1.54, 1.807) is 19.2 Å². The van der Waals surface area contributed by atoms with Crippen molar-refractivity contribution in [3.63, 3.8) is 0 Å². The molecule has 0 radical (unpaired) electrons. The Morgan fingerprint density at radius 2 is 1.27 bits per heavy atom. The minimum Gasteiger partial charge on any atom is -0.399 e. The van der Waals surface area contributed by atoms with Gasteiger partial charge in [0.2, 0.25) is 0 Å². The molecule has 0 bridgehead atoms. The van der Waals surface area contributed by atoms with E-state index >= 15 is 0 Å². The molecule has 0 heterocycles. The molecule has 0 aliphatic carbocycles. The number of rotatable bonds is 20. The Bertz CT molecular complexity index is 530. The van der Waals surface area contributed by atoms with Gasteiger partial charge in [-0.05, 0) is 30.7 Å². The van der Waals surface area contributed by atoms with Gasteiger partial charge in [0, 0.05) is 13.0 Å². The second-order valence-corrected chi connectivity index (χ2v) is 8.32. The van der Waals surface area contributed by atoms with Crippen molar-refractivity contribution in [2.24, 2.45) is 5.16 Å². The van der Waals surface area contributed by atoms with Crippen LogP contribution < -0.4 is 5.32 Å². The van der Waals surface area contributed by atoms with Crippen molar-refractivity contribution in [3.8, 4) is 0 Å². The molecule has 3 nitrogen and oxygen atoms in total. The van der Waals surface area contributed by atoms with Gasteiger partial charge in [0.15, 0.2) is 0 Å². The van der Waals surface area contributed by atoms with Gasteiger partial charge in [-0.1, -0.05) is 108 Å². The molecule has 4 heteroatoms. The molecule has 1 aromatic carbocycles. The van der Waals surface area contributed by atoms with Crippen LogP contribution in [0, 0.1) is 5.82 Å². The summed E-state index contributed by atoms with van der Waals surface area (Å²) >= 11 is 0. The fraction of sp³-hybridized carbons (Fsp3) is 0.731. The maximum atomic E-state index is 13.1. The zero-order chi connectivity index (χ0) is 21.7. The lowest BCUT2D eigenvalue weighted by molar-refractivity contribution is 0.213. The fourth-order valence-corrected chi connectivity index (χ4v) is 3.77. The van der Waals surface area contributed by atoms with Crippen LogP contribution in [-0.4, -0.2) is 25.9 Å². The molecule has 0 aliphatic heterocycles. The predicted molar refractivity (Wildman–Crippen MR) is 128 cm³/mol. The van der Waals surface area contributed by atoms with Crippen molar-refractivity contribution in [3.05, 3.63) is 35.6 Å². The van der Waals surface area contributed by atoms with Crippen molar-refractivity contribution in [1.29, 1.82) is 0 Å². The second-order valence-electron chi connectivity index (χ2n) is 8.32. The van der Waals surface area contributed by atoms with Crippen LogP contribution in [0.25, 0.3) is 0 Å². The molecule has 0 aromatic heterocycles. The number of hydrogen-bond acceptors (Lipinski definition) is 3. The number of oxime groups is 1. The molecule has 0 saturated carbocycles. The van der Waals surface area contributed by atoms with Crippen LogP contribution in [0.2, 0.25) is 0 Å². The summed E-state index contributed by atoms with van der Waals surface area (Å²) in [6, 6.07) is 6.42. The van der Waals surface area contributed by atoms with Gasteiger partial charge < -0.3 is 10.2 Å². The summed E-state index contributed by atoms with van der Waals surface area (Å²) in [6.45, 7) is 4.18. The minimum absolute atomic E-state index is 0.230. The van der Waals surface area contributed by atoms with Crippen molar-refractivity contribution >= 4 is 5.71 Å². The van der Waals surface area contributed by atoms with Gasteiger partial charge in [-0.2, -0.15) is 0 Å². The van der Waals surface area contributed by atoms with E-state index in [9.17, 15) is 4.39 Å². The summed E-state index contributed by atoms with van der Waals surface area (Å²) in [5.74, 6) is -0.230. The van der Waals surface area contributed by atoms with Gasteiger partial charge in [-0.25, -0.2) is 4.39 Å². The van der Waals surface area contributed by atoms with Gasteiger partial charge in [-0.15, -0.1) is 0 Å². The predicted octanol–water partition coefficient (Wildman–Crippen LogP) is 7.64. The number of hydrogen-bond donors (Lipinski definition) is 1. The Kier molecular flexibility index (Phi) is 17.3. The average molecular weight is 421 g/mol.